The van der Waals surface area contributed by atoms with E-state index in [1.807, 2.05) is 24.3 Å². The summed E-state index contributed by atoms with van der Waals surface area (Å²) < 4.78 is 16.0. The second-order valence-corrected chi connectivity index (χ2v) is 10.6. The van der Waals surface area contributed by atoms with Crippen molar-refractivity contribution < 1.29 is 28.6 Å². The predicted molar refractivity (Wildman–Crippen MR) is 185 cm³/mol. The molecule has 0 fully saturated rings. The summed E-state index contributed by atoms with van der Waals surface area (Å²) in [5.41, 5.74) is 4.98. The molecule has 0 heterocycles. The average molecular weight is 631 g/mol. The second kappa shape index (κ2) is 16.0. The van der Waals surface area contributed by atoms with Crippen molar-refractivity contribution in [3.63, 3.8) is 0 Å². The molecule has 4 rings (SSSR count). The first-order valence-corrected chi connectivity index (χ1v) is 14.6. The minimum atomic E-state index is -0.578. The van der Waals surface area contributed by atoms with Gasteiger partial charge in [-0.2, -0.15) is 0 Å². The van der Waals surface area contributed by atoms with Crippen molar-refractivity contribution in [2.45, 2.75) is 20.8 Å². The summed E-state index contributed by atoms with van der Waals surface area (Å²) in [4.78, 5) is 35.8. The second-order valence-electron chi connectivity index (χ2n) is 10.6. The molecule has 0 atom stereocenters. The molecule has 48 heavy (non-hydrogen) atoms. The summed E-state index contributed by atoms with van der Waals surface area (Å²) in [5, 5.41) is 0. The van der Waals surface area contributed by atoms with Crippen LogP contribution in [0.25, 0.3) is 0 Å². The lowest BCUT2D eigenvalue weighted by atomic mass is 10.1. The largest absolute Gasteiger partial charge is 0.423 e. The molecule has 0 saturated carbocycles. The van der Waals surface area contributed by atoms with Crippen LogP contribution in [0.4, 0.5) is 0 Å². The third-order valence-electron chi connectivity index (χ3n) is 6.29. The van der Waals surface area contributed by atoms with Crippen molar-refractivity contribution in [2.24, 2.45) is 0 Å². The fourth-order valence-corrected chi connectivity index (χ4v) is 3.64. The van der Waals surface area contributed by atoms with Crippen molar-refractivity contribution >= 4 is 17.9 Å². The average Bonchev–Trinajstić information content (AvgIpc) is 3.07. The maximum Gasteiger partial charge on any atom is 0.338 e. The zero-order valence-electron chi connectivity index (χ0n) is 26.7. The molecule has 0 amide bonds. The number of hydrogen-bond acceptors (Lipinski definition) is 6. The Balaban J connectivity index is 1.48. The molecule has 6 heteroatoms. The standard InChI is InChI=1S/C42H30O6/c1-28(2)40(43)46-37-23-17-33(18-24-37)12-11-31-7-9-32(10-8-31)13-14-35-16-22-36(39(27-35)48-42(45)30(5)6)21-15-34-19-25-38(26-20-34)47-41(44)29(3)4/h7-10,16-20,22-27H,1,3,5H2,2,4,6H3. The summed E-state index contributed by atoms with van der Waals surface area (Å²) >= 11 is 0. The monoisotopic (exact) mass is 630 g/mol. The molecule has 0 aromatic heterocycles. The van der Waals surface area contributed by atoms with Crippen LogP contribution in [0.5, 0.6) is 17.2 Å². The van der Waals surface area contributed by atoms with E-state index >= 15 is 0 Å². The maximum absolute atomic E-state index is 12.4. The quantitative estimate of drug-likeness (QED) is 0.0961. The number of carbonyl (C=O) groups excluding carboxylic acids is 3. The van der Waals surface area contributed by atoms with Gasteiger partial charge in [0.25, 0.3) is 0 Å². The van der Waals surface area contributed by atoms with Crippen LogP contribution in [0.15, 0.2) is 127 Å². The maximum atomic E-state index is 12.4. The number of ether oxygens (including phenoxy) is 3. The smallest absolute Gasteiger partial charge is 0.338 e. The molecule has 0 aliphatic heterocycles. The van der Waals surface area contributed by atoms with Crippen LogP contribution in [0.3, 0.4) is 0 Å². The molecule has 0 spiro atoms. The van der Waals surface area contributed by atoms with E-state index < -0.39 is 17.9 Å². The summed E-state index contributed by atoms with van der Waals surface area (Å²) in [7, 11) is 0. The lowest BCUT2D eigenvalue weighted by Gasteiger charge is -2.07. The van der Waals surface area contributed by atoms with Crippen molar-refractivity contribution in [3.05, 3.63) is 161 Å². The van der Waals surface area contributed by atoms with E-state index in [4.69, 9.17) is 14.2 Å². The Morgan fingerprint density at radius 2 is 0.750 bits per heavy atom. The van der Waals surface area contributed by atoms with E-state index in [0.717, 1.165) is 16.7 Å². The van der Waals surface area contributed by atoms with Crippen LogP contribution in [0.1, 0.15) is 54.2 Å². The zero-order chi connectivity index (χ0) is 34.6. The molecule has 4 aromatic rings. The topological polar surface area (TPSA) is 78.9 Å². The van der Waals surface area contributed by atoms with Crippen molar-refractivity contribution in [1.82, 2.24) is 0 Å². The van der Waals surface area contributed by atoms with Gasteiger partial charge in [0.05, 0.1) is 5.56 Å². The molecule has 234 valence electrons. The highest BCUT2D eigenvalue weighted by Gasteiger charge is 2.10. The minimum absolute atomic E-state index is 0.245. The molecule has 0 N–H and O–H groups in total. The van der Waals surface area contributed by atoms with Crippen LogP contribution < -0.4 is 14.2 Å². The lowest BCUT2D eigenvalue weighted by Crippen LogP contribution is -2.09. The Kier molecular flexibility index (Phi) is 11.3. The van der Waals surface area contributed by atoms with Crippen molar-refractivity contribution in [2.75, 3.05) is 0 Å². The van der Waals surface area contributed by atoms with E-state index in [1.165, 1.54) is 0 Å². The van der Waals surface area contributed by atoms with Crippen LogP contribution in [0, 0.1) is 35.5 Å². The summed E-state index contributed by atoms with van der Waals surface area (Å²) in [5.74, 6) is 18.0. The molecule has 6 nitrogen and oxygen atoms in total. The van der Waals surface area contributed by atoms with Crippen LogP contribution in [0.2, 0.25) is 0 Å². The van der Waals surface area contributed by atoms with Gasteiger partial charge in [-0.1, -0.05) is 55.3 Å². The van der Waals surface area contributed by atoms with Crippen LogP contribution in [-0.4, -0.2) is 17.9 Å². The van der Waals surface area contributed by atoms with Crippen molar-refractivity contribution in [1.29, 1.82) is 0 Å². The first-order chi connectivity index (χ1) is 23.0. The Morgan fingerprint density at radius 3 is 1.15 bits per heavy atom. The summed E-state index contributed by atoms with van der Waals surface area (Å²) in [6.45, 7) is 15.5. The highest BCUT2D eigenvalue weighted by atomic mass is 16.5. The highest BCUT2D eigenvalue weighted by Crippen LogP contribution is 2.22. The van der Waals surface area contributed by atoms with Gasteiger partial charge < -0.3 is 14.2 Å². The normalized spacial score (nSPS) is 9.56. The Labute approximate surface area is 280 Å². The fraction of sp³-hybridized carbons (Fsp3) is 0.0714. The van der Waals surface area contributed by atoms with Crippen LogP contribution >= 0.6 is 0 Å². The van der Waals surface area contributed by atoms with E-state index in [9.17, 15) is 14.4 Å². The van der Waals surface area contributed by atoms with Gasteiger partial charge in [0.2, 0.25) is 0 Å². The number of rotatable bonds is 6. The first kappa shape index (κ1) is 34.1. The Bertz CT molecular complexity index is 2110. The number of hydrogen-bond donors (Lipinski definition) is 0. The minimum Gasteiger partial charge on any atom is -0.423 e. The SMILES string of the molecule is C=C(C)C(=O)Oc1ccc(C#Cc2ccc(C#Cc3ccc(C#Cc4ccc(OC(=O)C(=C)C)cc4)c(OC(=O)C(=C)C)c3)cc2)cc1. The van der Waals surface area contributed by atoms with Gasteiger partial charge in [0.15, 0.2) is 0 Å². The molecule has 0 aliphatic rings. The van der Waals surface area contributed by atoms with Gasteiger partial charge in [-0.25, -0.2) is 14.4 Å². The molecule has 0 bridgehead atoms. The van der Waals surface area contributed by atoms with Gasteiger partial charge in [0, 0.05) is 44.5 Å². The molecule has 4 aromatic carbocycles. The van der Waals surface area contributed by atoms with Gasteiger partial charge in [-0.05, 0) is 112 Å². The van der Waals surface area contributed by atoms with Gasteiger partial charge >= 0.3 is 17.9 Å². The zero-order valence-corrected chi connectivity index (χ0v) is 26.7. The van der Waals surface area contributed by atoms with E-state index in [2.05, 4.69) is 55.3 Å². The van der Waals surface area contributed by atoms with Gasteiger partial charge in [-0.15, -0.1) is 0 Å². The summed E-state index contributed by atoms with van der Waals surface area (Å²) in [6.07, 6.45) is 0. The summed E-state index contributed by atoms with van der Waals surface area (Å²) in [6, 6.07) is 26.3. The Hall–Kier alpha value is -6.81. The fourth-order valence-electron chi connectivity index (χ4n) is 3.64. The van der Waals surface area contributed by atoms with Gasteiger partial charge in [0.1, 0.15) is 17.2 Å². The molecular formula is C42H30O6. The third kappa shape index (κ3) is 10.1. The predicted octanol–water partition coefficient (Wildman–Crippen LogP) is 7.33. The number of carbonyl (C=O) groups is 3. The van der Waals surface area contributed by atoms with Crippen LogP contribution in [-0.2, 0) is 14.4 Å². The third-order valence-corrected chi connectivity index (χ3v) is 6.29. The first-order valence-electron chi connectivity index (χ1n) is 14.6. The number of benzene rings is 4. The molecule has 0 unspecified atom stereocenters. The Morgan fingerprint density at radius 1 is 0.438 bits per heavy atom. The molecule has 0 aliphatic carbocycles. The molecule has 0 saturated heterocycles. The van der Waals surface area contributed by atoms with E-state index in [0.29, 0.717) is 39.3 Å². The molecular weight excluding hydrogens is 600 g/mol. The van der Waals surface area contributed by atoms with Crippen molar-refractivity contribution in [3.8, 4) is 52.8 Å². The van der Waals surface area contributed by atoms with E-state index in [-0.39, 0.29) is 11.3 Å². The lowest BCUT2D eigenvalue weighted by molar-refractivity contribution is -0.130. The van der Waals surface area contributed by atoms with E-state index in [1.54, 1.807) is 87.5 Å². The molecule has 0 radical (unpaired) electrons. The highest BCUT2D eigenvalue weighted by molar-refractivity contribution is 5.90. The van der Waals surface area contributed by atoms with Gasteiger partial charge in [-0.3, -0.25) is 0 Å². The number of esters is 3.